The highest BCUT2D eigenvalue weighted by molar-refractivity contribution is 8.01. The molecule has 1 aromatic rings. The molecule has 2 aliphatic heterocycles. The SMILES string of the molecule is CC1(C)S[C@@H]2C(NC(=O)C(c3ccccc3)S(=O)(=O)O)C(=O)N2C1C(=O)O. The summed E-state index contributed by atoms with van der Waals surface area (Å²) in [5.74, 6) is -2.78. The molecule has 0 spiro atoms. The van der Waals surface area contributed by atoms with E-state index >= 15 is 0 Å². The molecule has 0 radical (unpaired) electrons. The topological polar surface area (TPSA) is 141 Å². The zero-order chi connectivity index (χ0) is 20.1. The highest BCUT2D eigenvalue weighted by atomic mass is 32.2. The lowest BCUT2D eigenvalue weighted by Crippen LogP contribution is -2.71. The van der Waals surface area contributed by atoms with Gasteiger partial charge in [-0.15, -0.1) is 11.8 Å². The fourth-order valence-corrected chi connectivity index (χ4v) is 5.93. The van der Waals surface area contributed by atoms with E-state index in [1.165, 1.54) is 40.9 Å². The average Bonchev–Trinajstić information content (AvgIpc) is 2.81. The molecule has 0 saturated carbocycles. The molecule has 2 saturated heterocycles. The lowest BCUT2D eigenvalue weighted by Gasteiger charge is -2.43. The van der Waals surface area contributed by atoms with Crippen molar-refractivity contribution in [3.8, 4) is 0 Å². The van der Waals surface area contributed by atoms with Crippen molar-refractivity contribution in [1.82, 2.24) is 10.2 Å². The van der Waals surface area contributed by atoms with E-state index in [-0.39, 0.29) is 5.56 Å². The summed E-state index contributed by atoms with van der Waals surface area (Å²) in [6, 6.07) is 5.31. The van der Waals surface area contributed by atoms with E-state index in [1.54, 1.807) is 19.9 Å². The Morgan fingerprint density at radius 1 is 1.26 bits per heavy atom. The van der Waals surface area contributed by atoms with Gasteiger partial charge in [0.15, 0.2) is 5.25 Å². The number of aliphatic carboxylic acids is 1. The quantitative estimate of drug-likeness (QED) is 0.460. The summed E-state index contributed by atoms with van der Waals surface area (Å²) in [5, 5.41) is 9.26. The number of fused-ring (bicyclic) bond motifs is 1. The van der Waals surface area contributed by atoms with Crippen LogP contribution in [0.2, 0.25) is 0 Å². The Kier molecular flexibility index (Phi) is 4.73. The first-order valence-corrected chi connectivity index (χ1v) is 10.4. The van der Waals surface area contributed by atoms with Crippen molar-refractivity contribution >= 4 is 39.7 Å². The third-order valence-electron chi connectivity index (χ3n) is 4.61. The molecule has 0 aromatic heterocycles. The van der Waals surface area contributed by atoms with Crippen molar-refractivity contribution in [1.29, 1.82) is 0 Å². The van der Waals surface area contributed by atoms with E-state index in [0.29, 0.717) is 0 Å². The second kappa shape index (κ2) is 6.50. The zero-order valence-corrected chi connectivity index (χ0v) is 16.0. The second-order valence-electron chi connectivity index (χ2n) is 6.89. The Balaban J connectivity index is 1.83. The van der Waals surface area contributed by atoms with Crippen LogP contribution in [0.25, 0.3) is 0 Å². The Bertz CT molecular complexity index is 901. The van der Waals surface area contributed by atoms with Gasteiger partial charge >= 0.3 is 5.97 Å². The van der Waals surface area contributed by atoms with Crippen molar-refractivity contribution < 1.29 is 32.5 Å². The lowest BCUT2D eigenvalue weighted by atomic mass is 9.96. The summed E-state index contributed by atoms with van der Waals surface area (Å²) in [6.07, 6.45) is 0. The van der Waals surface area contributed by atoms with Crippen molar-refractivity contribution in [2.24, 2.45) is 0 Å². The van der Waals surface area contributed by atoms with Crippen LogP contribution in [0.15, 0.2) is 30.3 Å². The second-order valence-corrected chi connectivity index (χ2v) is 10.2. The zero-order valence-electron chi connectivity index (χ0n) is 14.4. The molecule has 2 fully saturated rings. The predicted octanol–water partition coefficient (Wildman–Crippen LogP) is 0.247. The first kappa shape index (κ1) is 19.6. The van der Waals surface area contributed by atoms with Crippen LogP contribution in [0.1, 0.15) is 24.7 Å². The summed E-state index contributed by atoms with van der Waals surface area (Å²) >= 11 is 1.22. The summed E-state index contributed by atoms with van der Waals surface area (Å²) < 4.78 is 32.2. The lowest BCUT2D eigenvalue weighted by molar-refractivity contribution is -0.161. The van der Waals surface area contributed by atoms with E-state index in [4.69, 9.17) is 0 Å². The molecular weight excluding hydrogens is 396 g/mol. The summed E-state index contributed by atoms with van der Waals surface area (Å²) in [4.78, 5) is 37.7. The van der Waals surface area contributed by atoms with Gasteiger partial charge in [-0.1, -0.05) is 30.3 Å². The van der Waals surface area contributed by atoms with Gasteiger partial charge in [0.2, 0.25) is 11.8 Å². The molecule has 27 heavy (non-hydrogen) atoms. The molecule has 2 heterocycles. The van der Waals surface area contributed by atoms with Crippen molar-refractivity contribution in [2.75, 3.05) is 0 Å². The van der Waals surface area contributed by atoms with Crippen molar-refractivity contribution in [3.63, 3.8) is 0 Å². The van der Waals surface area contributed by atoms with Crippen LogP contribution in [0, 0.1) is 0 Å². The Morgan fingerprint density at radius 2 is 1.85 bits per heavy atom. The first-order chi connectivity index (χ1) is 12.4. The van der Waals surface area contributed by atoms with E-state index < -0.39 is 55.4 Å². The fourth-order valence-electron chi connectivity index (χ4n) is 3.46. The summed E-state index contributed by atoms with van der Waals surface area (Å²) in [5.41, 5.74) is 0.0592. The standard InChI is InChI=1S/C16H18N2O7S2/c1-16(2)11(15(21)22)18-13(20)9(14(18)26-16)17-12(19)10(27(23,24)25)8-6-4-3-5-7-8/h3-7,9-11,14H,1-2H3,(H,17,19)(H,21,22)(H,23,24,25)/t9?,10?,11?,14-/m1/s1. The molecule has 0 bridgehead atoms. The molecule has 2 aliphatic rings. The van der Waals surface area contributed by atoms with Crippen LogP contribution >= 0.6 is 11.8 Å². The van der Waals surface area contributed by atoms with Crippen LogP contribution in [0.4, 0.5) is 0 Å². The molecule has 11 heteroatoms. The smallest absolute Gasteiger partial charge is 0.327 e. The Morgan fingerprint density at radius 3 is 2.37 bits per heavy atom. The minimum Gasteiger partial charge on any atom is -0.480 e. The number of carboxylic acid groups (broad SMARTS) is 1. The molecule has 2 amide bonds. The molecule has 3 unspecified atom stereocenters. The minimum atomic E-state index is -4.77. The van der Waals surface area contributed by atoms with Gasteiger partial charge in [0.1, 0.15) is 17.5 Å². The summed E-state index contributed by atoms with van der Waals surface area (Å²) in [6.45, 7) is 3.37. The predicted molar refractivity (Wildman–Crippen MR) is 96.4 cm³/mol. The number of benzene rings is 1. The van der Waals surface area contributed by atoms with Crippen molar-refractivity contribution in [2.45, 2.75) is 41.3 Å². The third-order valence-corrected chi connectivity index (χ3v) is 7.26. The van der Waals surface area contributed by atoms with Gasteiger partial charge in [-0.3, -0.25) is 14.1 Å². The molecule has 3 rings (SSSR count). The maximum absolute atomic E-state index is 12.6. The normalized spacial score (nSPS) is 27.4. The highest BCUT2D eigenvalue weighted by Crippen LogP contribution is 2.50. The maximum Gasteiger partial charge on any atom is 0.327 e. The van der Waals surface area contributed by atoms with E-state index in [2.05, 4.69) is 5.32 Å². The van der Waals surface area contributed by atoms with Gasteiger partial charge in [0, 0.05) is 4.75 Å². The van der Waals surface area contributed by atoms with E-state index in [9.17, 15) is 32.5 Å². The van der Waals surface area contributed by atoms with Gasteiger partial charge in [0.25, 0.3) is 10.1 Å². The number of β-lactam (4-membered cyclic amide) rings is 1. The molecular formula is C16H18N2O7S2. The van der Waals surface area contributed by atoms with Crippen LogP contribution in [0.3, 0.4) is 0 Å². The molecule has 1 aromatic carbocycles. The van der Waals surface area contributed by atoms with Gasteiger partial charge in [-0.2, -0.15) is 8.42 Å². The van der Waals surface area contributed by atoms with Gasteiger partial charge < -0.3 is 15.3 Å². The number of amides is 2. The molecule has 4 atom stereocenters. The Labute approximate surface area is 159 Å². The monoisotopic (exact) mass is 414 g/mol. The van der Waals surface area contributed by atoms with E-state index in [1.807, 2.05) is 0 Å². The van der Waals surface area contributed by atoms with Gasteiger partial charge in [-0.05, 0) is 19.4 Å². The van der Waals surface area contributed by atoms with Gasteiger partial charge in [-0.25, -0.2) is 4.79 Å². The number of nitrogens with one attached hydrogen (secondary N) is 1. The fraction of sp³-hybridized carbons (Fsp3) is 0.438. The number of carbonyl (C=O) groups is 3. The van der Waals surface area contributed by atoms with Crippen LogP contribution in [0.5, 0.6) is 0 Å². The minimum absolute atomic E-state index is 0.0592. The Hall–Kier alpha value is -2.11. The van der Waals surface area contributed by atoms with Gasteiger partial charge in [0.05, 0.1) is 0 Å². The highest BCUT2D eigenvalue weighted by Gasteiger charge is 2.64. The maximum atomic E-state index is 12.6. The first-order valence-electron chi connectivity index (χ1n) is 7.99. The van der Waals surface area contributed by atoms with Crippen LogP contribution in [-0.4, -0.2) is 63.0 Å². The summed E-state index contributed by atoms with van der Waals surface area (Å²) in [7, 11) is -4.77. The molecule has 9 nitrogen and oxygen atoms in total. The number of carbonyl (C=O) groups excluding carboxylic acids is 2. The molecule has 146 valence electrons. The molecule has 0 aliphatic carbocycles. The number of thioether (sulfide) groups is 1. The number of nitrogens with zero attached hydrogens (tertiary/aromatic N) is 1. The third kappa shape index (κ3) is 3.30. The van der Waals surface area contributed by atoms with E-state index in [0.717, 1.165) is 0 Å². The average molecular weight is 414 g/mol. The largest absolute Gasteiger partial charge is 0.480 e. The number of hydrogen-bond donors (Lipinski definition) is 3. The number of hydrogen-bond acceptors (Lipinski definition) is 6. The van der Waals surface area contributed by atoms with Crippen LogP contribution < -0.4 is 5.32 Å². The molecule has 3 N–H and O–H groups in total. The number of carboxylic acids is 1. The van der Waals surface area contributed by atoms with Crippen molar-refractivity contribution in [3.05, 3.63) is 35.9 Å². The number of rotatable bonds is 5. The van der Waals surface area contributed by atoms with Crippen LogP contribution in [-0.2, 0) is 24.5 Å².